The number of rotatable bonds is 5. The van der Waals surface area contributed by atoms with Gasteiger partial charge in [0.25, 0.3) is 5.91 Å². The van der Waals surface area contributed by atoms with E-state index in [4.69, 9.17) is 16.2 Å². The Morgan fingerprint density at radius 3 is 2.40 bits per heavy atom. The standard InChI is InChI=1S/C20H24F3N5O2/c1-9(2)8-27-16(20(21,22)23)13-14(18(25)29)17(24)28(19(13)26-27)15-10(3)6-7-12(30-5)11(15)4/h6-7,9H,8,24H2,1-5H3,(H2,25,29). The molecule has 0 aliphatic rings. The molecule has 0 bridgehead atoms. The van der Waals surface area contributed by atoms with Crippen molar-refractivity contribution in [1.29, 1.82) is 0 Å². The molecule has 1 amide bonds. The predicted octanol–water partition coefficient (Wildman–Crippen LogP) is 3.81. The molecule has 3 rings (SSSR count). The minimum absolute atomic E-state index is 0.0116. The van der Waals surface area contributed by atoms with E-state index in [0.29, 0.717) is 17.0 Å². The number of hydrogen-bond donors (Lipinski definition) is 2. The van der Waals surface area contributed by atoms with E-state index in [0.717, 1.165) is 10.2 Å². The van der Waals surface area contributed by atoms with Crippen LogP contribution in [0.1, 0.15) is 41.0 Å². The highest BCUT2D eigenvalue weighted by atomic mass is 19.4. The molecule has 0 aliphatic heterocycles. The van der Waals surface area contributed by atoms with Crippen LogP contribution in [0.25, 0.3) is 16.7 Å². The molecule has 0 saturated heterocycles. The fourth-order valence-corrected chi connectivity index (χ4v) is 3.81. The monoisotopic (exact) mass is 423 g/mol. The number of primary amides is 1. The highest BCUT2D eigenvalue weighted by molar-refractivity contribution is 6.12. The number of aromatic nitrogens is 3. The number of halogens is 3. The molecule has 3 aromatic rings. The van der Waals surface area contributed by atoms with Crippen molar-refractivity contribution in [2.45, 2.75) is 40.4 Å². The van der Waals surface area contributed by atoms with Crippen molar-refractivity contribution in [3.63, 3.8) is 0 Å². The van der Waals surface area contributed by atoms with E-state index in [1.54, 1.807) is 39.8 Å². The van der Waals surface area contributed by atoms with Gasteiger partial charge in [-0.3, -0.25) is 14.0 Å². The summed E-state index contributed by atoms with van der Waals surface area (Å²) < 4.78 is 49.7. The molecule has 0 unspecified atom stereocenters. The minimum atomic E-state index is -4.76. The number of nitrogens with zero attached hydrogens (tertiary/aromatic N) is 3. The number of ether oxygens (including phenoxy) is 1. The lowest BCUT2D eigenvalue weighted by Gasteiger charge is -2.17. The van der Waals surface area contributed by atoms with E-state index >= 15 is 0 Å². The molecule has 0 fully saturated rings. The van der Waals surface area contributed by atoms with E-state index in [1.807, 2.05) is 0 Å². The fourth-order valence-electron chi connectivity index (χ4n) is 3.81. The number of fused-ring (bicyclic) bond motifs is 1. The Labute approximate surface area is 171 Å². The van der Waals surface area contributed by atoms with E-state index < -0.39 is 28.7 Å². The Morgan fingerprint density at radius 1 is 1.27 bits per heavy atom. The number of hydrogen-bond acceptors (Lipinski definition) is 4. The van der Waals surface area contributed by atoms with Gasteiger partial charge in [0.05, 0.1) is 23.7 Å². The van der Waals surface area contributed by atoms with Gasteiger partial charge < -0.3 is 16.2 Å². The number of aryl methyl sites for hydroxylation is 1. The van der Waals surface area contributed by atoms with Gasteiger partial charge in [0.1, 0.15) is 11.6 Å². The number of nitrogen functional groups attached to an aromatic ring is 1. The molecule has 1 aromatic carbocycles. The third-order valence-corrected chi connectivity index (χ3v) is 4.97. The van der Waals surface area contributed by atoms with Gasteiger partial charge in [-0.2, -0.15) is 18.3 Å². The van der Waals surface area contributed by atoms with Gasteiger partial charge in [-0.25, -0.2) is 0 Å². The van der Waals surface area contributed by atoms with Crippen molar-refractivity contribution in [2.24, 2.45) is 11.7 Å². The highest BCUT2D eigenvalue weighted by Gasteiger charge is 2.42. The minimum Gasteiger partial charge on any atom is -0.496 e. The maximum atomic E-state index is 14.0. The number of nitrogens with two attached hydrogens (primary N) is 2. The Hall–Kier alpha value is -3.17. The number of benzene rings is 1. The molecule has 0 radical (unpaired) electrons. The lowest BCUT2D eigenvalue weighted by molar-refractivity contribution is -0.143. The third kappa shape index (κ3) is 3.25. The summed E-state index contributed by atoms with van der Waals surface area (Å²) in [6.45, 7) is 7.11. The van der Waals surface area contributed by atoms with E-state index in [2.05, 4.69) is 5.10 Å². The van der Waals surface area contributed by atoms with Gasteiger partial charge >= 0.3 is 6.18 Å². The normalized spacial score (nSPS) is 12.2. The van der Waals surface area contributed by atoms with Crippen LogP contribution in [-0.2, 0) is 12.7 Å². The van der Waals surface area contributed by atoms with Gasteiger partial charge in [-0.1, -0.05) is 19.9 Å². The molecule has 7 nitrogen and oxygen atoms in total. The van der Waals surface area contributed by atoms with Crippen LogP contribution in [0.15, 0.2) is 12.1 Å². The van der Waals surface area contributed by atoms with Crippen LogP contribution < -0.4 is 16.2 Å². The Balaban J connectivity index is 2.54. The second kappa shape index (κ2) is 7.26. The second-order valence-corrected chi connectivity index (χ2v) is 7.64. The molecular weight excluding hydrogens is 399 g/mol. The van der Waals surface area contributed by atoms with Gasteiger partial charge in [-0.05, 0) is 31.4 Å². The SMILES string of the molecule is COc1ccc(C)c(-n2c(N)c(C(N)=O)c3c(C(F)(F)F)n(CC(C)C)nc32)c1C. The molecule has 0 atom stereocenters. The van der Waals surface area contributed by atoms with Crippen LogP contribution in [0.2, 0.25) is 0 Å². The number of carbonyl (C=O) groups excluding carboxylic acids is 1. The average Bonchev–Trinajstić information content (AvgIpc) is 3.07. The Bertz CT molecular complexity index is 1140. The summed E-state index contributed by atoms with van der Waals surface area (Å²) in [6, 6.07) is 3.50. The molecule has 162 valence electrons. The van der Waals surface area contributed by atoms with Gasteiger partial charge in [0.15, 0.2) is 11.3 Å². The lowest BCUT2D eigenvalue weighted by Crippen LogP contribution is -2.20. The topological polar surface area (TPSA) is 101 Å². The lowest BCUT2D eigenvalue weighted by atomic mass is 10.1. The number of alkyl halides is 3. The van der Waals surface area contributed by atoms with Gasteiger partial charge in [0, 0.05) is 12.1 Å². The molecule has 0 saturated carbocycles. The zero-order valence-corrected chi connectivity index (χ0v) is 17.4. The summed E-state index contributed by atoms with van der Waals surface area (Å²) in [5, 5.41) is 3.83. The van der Waals surface area contributed by atoms with Crippen molar-refractivity contribution in [3.05, 3.63) is 34.5 Å². The molecule has 10 heteroatoms. The number of anilines is 1. The number of amides is 1. The molecule has 2 aromatic heterocycles. The summed E-state index contributed by atoms with van der Waals surface area (Å²) in [5.74, 6) is -0.834. The van der Waals surface area contributed by atoms with Crippen LogP contribution >= 0.6 is 0 Å². The first-order chi connectivity index (χ1) is 13.9. The van der Waals surface area contributed by atoms with Crippen LogP contribution in [0.4, 0.5) is 19.0 Å². The van der Waals surface area contributed by atoms with Crippen molar-refractivity contribution in [3.8, 4) is 11.4 Å². The smallest absolute Gasteiger partial charge is 0.433 e. The fraction of sp³-hybridized carbons (Fsp3) is 0.400. The largest absolute Gasteiger partial charge is 0.496 e. The number of methoxy groups -OCH3 is 1. The average molecular weight is 423 g/mol. The quantitative estimate of drug-likeness (QED) is 0.652. The van der Waals surface area contributed by atoms with Crippen LogP contribution in [0, 0.1) is 19.8 Å². The van der Waals surface area contributed by atoms with Crippen LogP contribution in [-0.4, -0.2) is 27.4 Å². The second-order valence-electron chi connectivity index (χ2n) is 7.64. The summed E-state index contributed by atoms with van der Waals surface area (Å²) >= 11 is 0. The molecule has 30 heavy (non-hydrogen) atoms. The van der Waals surface area contributed by atoms with Gasteiger partial charge in [-0.15, -0.1) is 0 Å². The van der Waals surface area contributed by atoms with E-state index in [9.17, 15) is 18.0 Å². The van der Waals surface area contributed by atoms with Crippen molar-refractivity contribution >= 4 is 22.8 Å². The zero-order valence-electron chi connectivity index (χ0n) is 17.4. The maximum absolute atomic E-state index is 14.0. The van der Waals surface area contributed by atoms with Gasteiger partial charge in [0.2, 0.25) is 0 Å². The molecular formula is C20H24F3N5O2. The maximum Gasteiger partial charge on any atom is 0.433 e. The molecule has 0 aliphatic carbocycles. The van der Waals surface area contributed by atoms with Crippen molar-refractivity contribution in [1.82, 2.24) is 14.3 Å². The first-order valence-corrected chi connectivity index (χ1v) is 9.32. The van der Waals surface area contributed by atoms with Crippen molar-refractivity contribution in [2.75, 3.05) is 12.8 Å². The molecule has 0 spiro atoms. The first kappa shape index (κ1) is 21.5. The zero-order chi connectivity index (χ0) is 22.5. The third-order valence-electron chi connectivity index (χ3n) is 4.97. The van der Waals surface area contributed by atoms with E-state index in [-0.39, 0.29) is 23.9 Å². The van der Waals surface area contributed by atoms with Crippen molar-refractivity contribution < 1.29 is 22.7 Å². The van der Waals surface area contributed by atoms with Crippen LogP contribution in [0.5, 0.6) is 5.75 Å². The first-order valence-electron chi connectivity index (χ1n) is 9.32. The van der Waals surface area contributed by atoms with Crippen LogP contribution in [0.3, 0.4) is 0 Å². The summed E-state index contributed by atoms with van der Waals surface area (Å²) in [7, 11) is 1.49. The van der Waals surface area contributed by atoms with E-state index in [1.165, 1.54) is 11.7 Å². The Kier molecular flexibility index (Phi) is 5.21. The summed E-state index contributed by atoms with van der Waals surface area (Å²) in [5.41, 5.74) is 12.0. The molecule has 2 heterocycles. The predicted molar refractivity (Wildman–Crippen MR) is 108 cm³/mol. The summed E-state index contributed by atoms with van der Waals surface area (Å²) in [4.78, 5) is 12.2. The highest BCUT2D eigenvalue weighted by Crippen LogP contribution is 2.42. The Morgan fingerprint density at radius 2 is 1.90 bits per heavy atom. The number of carbonyl (C=O) groups is 1. The molecule has 4 N–H and O–H groups in total. The summed E-state index contributed by atoms with van der Waals surface area (Å²) in [6.07, 6.45) is -4.76.